The van der Waals surface area contributed by atoms with Gasteiger partial charge in [0.25, 0.3) is 0 Å². The maximum atomic E-state index is 12.2. The lowest BCUT2D eigenvalue weighted by Crippen LogP contribution is -2.65. The Balaban J connectivity index is 1.25. The van der Waals surface area contributed by atoms with E-state index in [2.05, 4.69) is 31.4 Å². The second-order valence-corrected chi connectivity index (χ2v) is 11.0. The summed E-state index contributed by atoms with van der Waals surface area (Å²) in [7, 11) is -0.171. The van der Waals surface area contributed by atoms with Crippen LogP contribution in [0.25, 0.3) is 0 Å². The van der Waals surface area contributed by atoms with Crippen molar-refractivity contribution in [3.8, 4) is 0 Å². The van der Waals surface area contributed by atoms with Gasteiger partial charge < -0.3 is 30.8 Å². The van der Waals surface area contributed by atoms with E-state index in [0.717, 1.165) is 44.5 Å². The summed E-state index contributed by atoms with van der Waals surface area (Å²) in [5.74, 6) is 0.566. The van der Waals surface area contributed by atoms with Crippen LogP contribution in [-0.2, 0) is 14.1 Å². The largest absolute Gasteiger partial charge is 0.480 e. The van der Waals surface area contributed by atoms with Crippen molar-refractivity contribution in [2.45, 2.75) is 82.5 Å². The molecular weight excluding hydrogens is 369 g/mol. The zero-order valence-corrected chi connectivity index (χ0v) is 18.0. The average Bonchev–Trinajstić information content (AvgIpc) is 3.28. The smallest absolute Gasteiger partial charge is 0.457 e. The summed E-state index contributed by atoms with van der Waals surface area (Å²) < 4.78 is 12.9. The Morgan fingerprint density at radius 2 is 2.10 bits per heavy atom. The van der Waals surface area contributed by atoms with E-state index in [4.69, 9.17) is 15.0 Å². The van der Waals surface area contributed by atoms with E-state index in [0.29, 0.717) is 24.4 Å². The molecule has 162 valence electrons. The van der Waals surface area contributed by atoms with Gasteiger partial charge in [-0.05, 0) is 62.7 Å². The Hall–Kier alpha value is -0.665. The number of nitrogens with two attached hydrogens (primary N) is 1. The van der Waals surface area contributed by atoms with E-state index in [1.54, 1.807) is 0 Å². The molecule has 1 unspecified atom stereocenters. The molecule has 0 aromatic heterocycles. The minimum atomic E-state index is -0.903. The number of carbonyl (C=O) groups is 1. The third kappa shape index (κ3) is 2.47. The number of hydrogen-bond donors (Lipinski definition) is 4. The number of aliphatic carboxylic acids is 1. The second kappa shape index (κ2) is 6.42. The molecule has 8 heteroatoms. The molecule has 0 aromatic rings. The first-order valence-corrected chi connectivity index (χ1v) is 11.4. The molecule has 3 saturated heterocycles. The first-order chi connectivity index (χ1) is 13.7. The quantitative estimate of drug-likeness (QED) is 0.493. The molecule has 7 nitrogen and oxygen atoms in total. The normalized spacial score (nSPS) is 49.6. The van der Waals surface area contributed by atoms with E-state index in [1.807, 2.05) is 0 Å². The van der Waals surface area contributed by atoms with Crippen LogP contribution in [-0.4, -0.2) is 61.1 Å². The molecule has 3 aliphatic heterocycles. The summed E-state index contributed by atoms with van der Waals surface area (Å²) in [6, 6.07) is 0.0344. The van der Waals surface area contributed by atoms with Gasteiger partial charge >= 0.3 is 13.1 Å². The Labute approximate surface area is 174 Å². The molecule has 0 amide bonds. The van der Waals surface area contributed by atoms with Crippen LogP contribution in [0.4, 0.5) is 0 Å². The van der Waals surface area contributed by atoms with E-state index in [1.165, 1.54) is 6.42 Å². The van der Waals surface area contributed by atoms with Gasteiger partial charge in [-0.3, -0.25) is 4.79 Å². The summed E-state index contributed by atoms with van der Waals surface area (Å²) in [5, 5.41) is 16.7. The van der Waals surface area contributed by atoms with Crippen LogP contribution in [0.5, 0.6) is 0 Å². The fourth-order valence-electron chi connectivity index (χ4n) is 7.92. The molecule has 7 atom stereocenters. The maximum Gasteiger partial charge on any atom is 0.457 e. The number of fused-ring (bicyclic) bond motifs is 1. The van der Waals surface area contributed by atoms with Crippen LogP contribution < -0.4 is 16.4 Å². The maximum absolute atomic E-state index is 12.2. The molecule has 3 aliphatic carbocycles. The van der Waals surface area contributed by atoms with Crippen molar-refractivity contribution in [1.82, 2.24) is 10.6 Å². The molecule has 6 aliphatic rings. The van der Waals surface area contributed by atoms with Crippen molar-refractivity contribution < 1.29 is 19.2 Å². The molecule has 3 heterocycles. The third-order valence-corrected chi connectivity index (χ3v) is 9.79. The van der Waals surface area contributed by atoms with E-state index < -0.39 is 11.5 Å². The van der Waals surface area contributed by atoms with Crippen LogP contribution in [0.3, 0.4) is 0 Å². The standard InChI is InChI=1S/C21H36BN3O4/c1-18(2)13-9-14(18)19(3)16(10-13)28-22(29-19)7-4-5-20-6-8-25-21(20,17(26)27)12-24-15(20)11-23/h13-16,24-25H,4-12,23H2,1-3H3,(H,26,27)/t13-,14-,15?,16+,19-,20+,21+/m0/s1. The Bertz CT molecular complexity index is 707. The molecule has 5 N–H and O–H groups in total. The number of nitrogens with one attached hydrogen (secondary N) is 2. The van der Waals surface area contributed by atoms with Crippen molar-refractivity contribution in [2.75, 3.05) is 19.6 Å². The van der Waals surface area contributed by atoms with Gasteiger partial charge in [0.05, 0.1) is 11.7 Å². The minimum Gasteiger partial charge on any atom is -0.480 e. The van der Waals surface area contributed by atoms with Crippen molar-refractivity contribution in [2.24, 2.45) is 28.4 Å². The van der Waals surface area contributed by atoms with Crippen molar-refractivity contribution in [3.63, 3.8) is 0 Å². The Morgan fingerprint density at radius 3 is 2.79 bits per heavy atom. The van der Waals surface area contributed by atoms with Crippen molar-refractivity contribution >= 4 is 13.1 Å². The number of rotatable bonds is 6. The first kappa shape index (κ1) is 20.2. The van der Waals surface area contributed by atoms with E-state index in [9.17, 15) is 9.90 Å². The number of carboxylic acids is 1. The predicted molar refractivity (Wildman–Crippen MR) is 110 cm³/mol. The van der Waals surface area contributed by atoms with Gasteiger partial charge in [0.2, 0.25) is 0 Å². The van der Waals surface area contributed by atoms with Crippen LogP contribution in [0, 0.1) is 22.7 Å². The lowest BCUT2D eigenvalue weighted by atomic mass is 9.43. The van der Waals surface area contributed by atoms with Crippen molar-refractivity contribution in [1.29, 1.82) is 0 Å². The molecule has 0 radical (unpaired) electrons. The molecule has 0 spiro atoms. The van der Waals surface area contributed by atoms with Gasteiger partial charge in [0, 0.05) is 24.5 Å². The van der Waals surface area contributed by atoms with Gasteiger partial charge in [-0.25, -0.2) is 0 Å². The third-order valence-electron chi connectivity index (χ3n) is 9.79. The molecular formula is C21H36BN3O4. The Kier molecular flexibility index (Phi) is 4.48. The lowest BCUT2D eigenvalue weighted by molar-refractivity contribution is -0.199. The first-order valence-electron chi connectivity index (χ1n) is 11.4. The highest BCUT2D eigenvalue weighted by Crippen LogP contribution is 2.65. The molecule has 6 fully saturated rings. The summed E-state index contributed by atoms with van der Waals surface area (Å²) in [5.41, 5.74) is 4.97. The molecule has 3 saturated carbocycles. The minimum absolute atomic E-state index is 0.0344. The molecule has 6 rings (SSSR count). The summed E-state index contributed by atoms with van der Waals surface area (Å²) in [6.07, 6.45) is 5.95. The van der Waals surface area contributed by atoms with E-state index >= 15 is 0 Å². The highest BCUT2D eigenvalue weighted by atomic mass is 16.7. The molecule has 0 aromatic carbocycles. The van der Waals surface area contributed by atoms with Crippen LogP contribution in [0.15, 0.2) is 0 Å². The topological polar surface area (TPSA) is 106 Å². The molecule has 2 bridgehead atoms. The molecule has 29 heavy (non-hydrogen) atoms. The predicted octanol–water partition coefficient (Wildman–Crippen LogP) is 1.23. The zero-order valence-electron chi connectivity index (χ0n) is 18.0. The van der Waals surface area contributed by atoms with E-state index in [-0.39, 0.29) is 30.3 Å². The second-order valence-electron chi connectivity index (χ2n) is 11.0. The van der Waals surface area contributed by atoms with Gasteiger partial charge in [-0.1, -0.05) is 20.3 Å². The number of hydrogen-bond acceptors (Lipinski definition) is 6. The number of carboxylic acid groups (broad SMARTS) is 1. The lowest BCUT2D eigenvalue weighted by Gasteiger charge is -2.64. The fraction of sp³-hybridized carbons (Fsp3) is 0.952. The van der Waals surface area contributed by atoms with Crippen LogP contribution in [0.1, 0.15) is 52.9 Å². The monoisotopic (exact) mass is 405 g/mol. The summed E-state index contributed by atoms with van der Waals surface area (Å²) >= 11 is 0. The fourth-order valence-corrected chi connectivity index (χ4v) is 7.92. The summed E-state index contributed by atoms with van der Waals surface area (Å²) in [4.78, 5) is 12.2. The van der Waals surface area contributed by atoms with Crippen molar-refractivity contribution in [3.05, 3.63) is 0 Å². The average molecular weight is 405 g/mol. The summed E-state index contributed by atoms with van der Waals surface area (Å²) in [6.45, 7) is 8.65. The van der Waals surface area contributed by atoms with Gasteiger partial charge in [0.15, 0.2) is 0 Å². The highest BCUT2D eigenvalue weighted by molar-refractivity contribution is 6.45. The van der Waals surface area contributed by atoms with Gasteiger partial charge in [-0.2, -0.15) is 0 Å². The highest BCUT2D eigenvalue weighted by Gasteiger charge is 2.68. The zero-order chi connectivity index (χ0) is 20.7. The van der Waals surface area contributed by atoms with Crippen LogP contribution >= 0.6 is 0 Å². The Morgan fingerprint density at radius 1 is 1.31 bits per heavy atom. The van der Waals surface area contributed by atoms with Gasteiger partial charge in [0.1, 0.15) is 5.54 Å². The van der Waals surface area contributed by atoms with Gasteiger partial charge in [-0.15, -0.1) is 0 Å². The SMILES string of the molecule is CC1(C)[C@@H]2C[C@H]3OB(CCC[C@]45CCN[C@@]4(C(=O)O)CNC5CN)O[C@@]3(C)[C@H]1C2. The van der Waals surface area contributed by atoms with Crippen LogP contribution in [0.2, 0.25) is 6.32 Å².